The van der Waals surface area contributed by atoms with Crippen LogP contribution in [0.3, 0.4) is 0 Å². The lowest BCUT2D eigenvalue weighted by molar-refractivity contribution is -0.147. The second kappa shape index (κ2) is 8.21. The predicted molar refractivity (Wildman–Crippen MR) is 136 cm³/mol. The van der Waals surface area contributed by atoms with E-state index >= 15 is 0 Å². The largest absolute Gasteiger partial charge is 0.508 e. The molecular formula is C28H28N2O7. The molecule has 5 rings (SSSR count). The van der Waals surface area contributed by atoms with Crippen molar-refractivity contribution in [3.8, 4) is 16.9 Å². The molecular weight excluding hydrogens is 476 g/mol. The number of ketones is 2. The Bertz CT molecular complexity index is 1470. The van der Waals surface area contributed by atoms with Crippen LogP contribution in [0, 0.1) is 18.8 Å². The van der Waals surface area contributed by atoms with Gasteiger partial charge in [-0.15, -0.1) is 0 Å². The molecule has 6 N–H and O–H groups in total. The van der Waals surface area contributed by atoms with Crippen LogP contribution in [-0.2, 0) is 20.8 Å². The Morgan fingerprint density at radius 2 is 1.81 bits per heavy atom. The number of Topliss-reactive ketones (excluding diaryl/α,β-unsaturated/α-hetero) is 2. The lowest BCUT2D eigenvalue weighted by Crippen LogP contribution is -2.58. The summed E-state index contributed by atoms with van der Waals surface area (Å²) in [6.07, 6.45) is -0.000204. The number of primary amides is 1. The van der Waals surface area contributed by atoms with Crippen LogP contribution < -0.4 is 10.6 Å². The van der Waals surface area contributed by atoms with E-state index in [-0.39, 0.29) is 36.1 Å². The molecule has 0 heterocycles. The fourth-order valence-corrected chi connectivity index (χ4v) is 6.10. The molecule has 9 heteroatoms. The summed E-state index contributed by atoms with van der Waals surface area (Å²) < 4.78 is 0. The number of aromatic hydroxyl groups is 1. The highest BCUT2D eigenvalue weighted by Gasteiger charge is 2.60. The molecule has 2 aromatic rings. The first-order chi connectivity index (χ1) is 17.4. The lowest BCUT2D eigenvalue weighted by atomic mass is 9.59. The van der Waals surface area contributed by atoms with E-state index in [1.165, 1.54) is 0 Å². The monoisotopic (exact) mass is 504 g/mol. The molecule has 192 valence electrons. The van der Waals surface area contributed by atoms with Gasteiger partial charge >= 0.3 is 0 Å². The molecule has 0 radical (unpaired) electrons. The van der Waals surface area contributed by atoms with Crippen molar-refractivity contribution >= 4 is 28.9 Å². The van der Waals surface area contributed by atoms with Crippen molar-refractivity contribution in [3.63, 3.8) is 0 Å². The Labute approximate surface area is 213 Å². The number of rotatable bonds is 3. The van der Waals surface area contributed by atoms with Gasteiger partial charge in [0.25, 0.3) is 5.91 Å². The summed E-state index contributed by atoms with van der Waals surface area (Å²) in [6, 6.07) is 9.32. The number of nitrogens with zero attached hydrogens (tertiary/aromatic N) is 1. The van der Waals surface area contributed by atoms with Gasteiger partial charge in [-0.2, -0.15) is 0 Å². The SMILES string of the molecule is Cc1cccc(-c2cc(N(C)C)c3c(c2O)C(O)=C2C(=O)[C@]4(O)C(O)=C(C(N)=O)C(=O)C[C@@H]4C[C@@H]2C3)c1. The number of fused-ring (bicyclic) bond motifs is 3. The van der Waals surface area contributed by atoms with E-state index in [0.29, 0.717) is 11.1 Å². The zero-order valence-corrected chi connectivity index (χ0v) is 20.7. The van der Waals surface area contributed by atoms with Gasteiger partial charge in [-0.3, -0.25) is 14.4 Å². The molecule has 0 bridgehead atoms. The zero-order chi connectivity index (χ0) is 27.0. The quantitative estimate of drug-likeness (QED) is 0.398. The number of aryl methyl sites for hydroxylation is 1. The van der Waals surface area contributed by atoms with Crippen molar-refractivity contribution < 1.29 is 34.8 Å². The average molecular weight is 505 g/mol. The number of hydrogen-bond donors (Lipinski definition) is 5. The van der Waals surface area contributed by atoms with E-state index in [4.69, 9.17) is 5.73 Å². The van der Waals surface area contributed by atoms with Crippen LogP contribution in [0.25, 0.3) is 16.9 Å². The van der Waals surface area contributed by atoms with Crippen molar-refractivity contribution in [2.75, 3.05) is 19.0 Å². The molecule has 9 nitrogen and oxygen atoms in total. The Morgan fingerprint density at radius 3 is 2.43 bits per heavy atom. The topological polar surface area (TPSA) is 161 Å². The first-order valence-corrected chi connectivity index (χ1v) is 12.0. The van der Waals surface area contributed by atoms with Gasteiger partial charge in [0.05, 0.1) is 5.56 Å². The maximum Gasteiger partial charge on any atom is 0.255 e. The molecule has 0 aromatic heterocycles. The van der Waals surface area contributed by atoms with Gasteiger partial charge < -0.3 is 31.1 Å². The van der Waals surface area contributed by atoms with E-state index in [9.17, 15) is 34.8 Å². The lowest BCUT2D eigenvalue weighted by Gasteiger charge is -2.46. The third-order valence-corrected chi connectivity index (χ3v) is 7.85. The average Bonchev–Trinajstić information content (AvgIpc) is 2.81. The molecule has 1 fully saturated rings. The number of aliphatic hydroxyl groups excluding tert-OH is 2. The van der Waals surface area contributed by atoms with E-state index in [1.54, 1.807) is 0 Å². The second-order valence-electron chi connectivity index (χ2n) is 10.3. The Kier molecular flexibility index (Phi) is 5.45. The third-order valence-electron chi connectivity index (χ3n) is 7.85. The number of carbonyl (C=O) groups is 3. The predicted octanol–water partition coefficient (Wildman–Crippen LogP) is 2.47. The fourth-order valence-electron chi connectivity index (χ4n) is 6.10. The molecule has 37 heavy (non-hydrogen) atoms. The molecule has 3 aliphatic carbocycles. The second-order valence-corrected chi connectivity index (χ2v) is 10.3. The molecule has 0 aliphatic heterocycles. The summed E-state index contributed by atoms with van der Waals surface area (Å²) in [5, 5.41) is 45.0. The van der Waals surface area contributed by atoms with Crippen molar-refractivity contribution in [1.29, 1.82) is 0 Å². The number of phenolic OH excluding ortho intramolecular Hbond substituents is 1. The number of hydrogen-bond acceptors (Lipinski definition) is 8. The first kappa shape index (κ1) is 24.6. The van der Waals surface area contributed by atoms with Gasteiger partial charge in [-0.25, -0.2) is 0 Å². The molecule has 2 aromatic carbocycles. The van der Waals surface area contributed by atoms with Crippen molar-refractivity contribution in [1.82, 2.24) is 0 Å². The summed E-state index contributed by atoms with van der Waals surface area (Å²) in [7, 11) is 3.67. The molecule has 1 saturated carbocycles. The van der Waals surface area contributed by atoms with E-state index in [0.717, 1.165) is 16.8 Å². The molecule has 1 amide bonds. The van der Waals surface area contributed by atoms with Gasteiger partial charge in [0, 0.05) is 43.3 Å². The van der Waals surface area contributed by atoms with Gasteiger partial charge in [0.2, 0.25) is 5.78 Å². The third kappa shape index (κ3) is 3.37. The fraction of sp³-hybridized carbons (Fsp3) is 0.321. The van der Waals surface area contributed by atoms with Gasteiger partial charge in [-0.1, -0.05) is 29.8 Å². The number of aliphatic hydroxyl groups is 3. The number of benzene rings is 2. The Balaban J connectivity index is 1.76. The van der Waals surface area contributed by atoms with E-state index in [1.807, 2.05) is 56.3 Å². The van der Waals surface area contributed by atoms with E-state index in [2.05, 4.69) is 0 Å². The normalized spacial score (nSPS) is 25.0. The van der Waals surface area contributed by atoms with Crippen LogP contribution in [-0.4, -0.2) is 57.6 Å². The molecule has 3 aliphatic rings. The number of carbonyl (C=O) groups excluding carboxylic acids is 3. The highest BCUT2D eigenvalue weighted by molar-refractivity contribution is 6.22. The maximum absolute atomic E-state index is 13.7. The molecule has 0 saturated heterocycles. The number of amides is 1. The van der Waals surface area contributed by atoms with Crippen LogP contribution in [0.1, 0.15) is 29.5 Å². The summed E-state index contributed by atoms with van der Waals surface area (Å²) in [5.41, 5.74) is 5.29. The molecule has 0 spiro atoms. The van der Waals surface area contributed by atoms with Crippen molar-refractivity contribution in [2.45, 2.75) is 31.8 Å². The highest BCUT2D eigenvalue weighted by Crippen LogP contribution is 2.54. The Morgan fingerprint density at radius 1 is 1.11 bits per heavy atom. The van der Waals surface area contributed by atoms with Crippen LogP contribution >= 0.6 is 0 Å². The highest BCUT2D eigenvalue weighted by atomic mass is 16.3. The number of anilines is 1. The summed E-state index contributed by atoms with van der Waals surface area (Å²) >= 11 is 0. The van der Waals surface area contributed by atoms with Crippen LogP contribution in [0.4, 0.5) is 5.69 Å². The van der Waals surface area contributed by atoms with Gasteiger partial charge in [0.15, 0.2) is 11.4 Å². The number of nitrogens with two attached hydrogens (primary N) is 1. The standard InChI is InChI=1S/C28H28N2O7/c1-12-5-4-6-13(7-12)16-11-18(30(2)3)17-9-14-8-15-10-19(31)22(27(29)36)26(35)28(15,37)25(34)20(14)24(33)21(17)23(16)32/h4-7,11,14-15,32-33,35,37H,8-10H2,1-3H3,(H2,29,36)/t14-,15+,28+/m1/s1. The summed E-state index contributed by atoms with van der Waals surface area (Å²) in [4.78, 5) is 39.9. The van der Waals surface area contributed by atoms with Crippen molar-refractivity contribution in [2.24, 2.45) is 17.6 Å². The minimum atomic E-state index is -2.58. The molecule has 0 unspecified atom stereocenters. The maximum atomic E-state index is 13.7. The van der Waals surface area contributed by atoms with Crippen LogP contribution in [0.2, 0.25) is 0 Å². The van der Waals surface area contributed by atoms with Gasteiger partial charge in [0.1, 0.15) is 22.8 Å². The minimum absolute atomic E-state index is 0.0786. The van der Waals surface area contributed by atoms with E-state index < -0.39 is 52.0 Å². The zero-order valence-electron chi connectivity index (χ0n) is 20.7. The van der Waals surface area contributed by atoms with Crippen LogP contribution in [0.5, 0.6) is 5.75 Å². The van der Waals surface area contributed by atoms with Gasteiger partial charge in [-0.05, 0) is 42.9 Å². The summed E-state index contributed by atoms with van der Waals surface area (Å²) in [5.74, 6) is -6.36. The first-order valence-electron chi connectivity index (χ1n) is 12.0. The number of phenols is 1. The molecule has 3 atom stereocenters. The smallest absolute Gasteiger partial charge is 0.255 e. The Hall–Kier alpha value is -4.11. The van der Waals surface area contributed by atoms with Crippen molar-refractivity contribution in [3.05, 3.63) is 63.9 Å². The van der Waals surface area contributed by atoms with Crippen LogP contribution in [0.15, 0.2) is 47.2 Å². The summed E-state index contributed by atoms with van der Waals surface area (Å²) in [6.45, 7) is 1.92. The minimum Gasteiger partial charge on any atom is -0.508 e.